The molecule has 2 unspecified atom stereocenters. The first-order valence-electron chi connectivity index (χ1n) is 14.8. The van der Waals surface area contributed by atoms with E-state index in [-0.39, 0.29) is 29.8 Å². The molecule has 0 bridgehead atoms. The highest BCUT2D eigenvalue weighted by Crippen LogP contribution is 2.50. The van der Waals surface area contributed by atoms with Gasteiger partial charge in [-0.2, -0.15) is 5.48 Å². The first-order chi connectivity index (χ1) is 19.7. The van der Waals surface area contributed by atoms with Gasteiger partial charge in [-0.15, -0.1) is 0 Å². The van der Waals surface area contributed by atoms with Gasteiger partial charge in [0.05, 0.1) is 18.5 Å². The molecule has 42 heavy (non-hydrogen) atoms. The van der Waals surface area contributed by atoms with Gasteiger partial charge in [-0.3, -0.25) is 14.6 Å². The van der Waals surface area contributed by atoms with Crippen molar-refractivity contribution in [2.75, 3.05) is 0 Å². The van der Waals surface area contributed by atoms with Gasteiger partial charge in [0.1, 0.15) is 17.1 Å². The quantitative estimate of drug-likeness (QED) is 0.263. The lowest BCUT2D eigenvalue weighted by atomic mass is 9.69. The van der Waals surface area contributed by atoms with Crippen LogP contribution in [0.1, 0.15) is 97.2 Å². The normalized spacial score (nSPS) is 22.4. The smallest absolute Gasteiger partial charge is 0.305 e. The van der Waals surface area contributed by atoms with Crippen molar-refractivity contribution < 1.29 is 19.5 Å². The molecule has 2 aromatic rings. The third-order valence-corrected chi connectivity index (χ3v) is 8.90. The lowest BCUT2D eigenvalue weighted by Crippen LogP contribution is -2.51. The largest absolute Gasteiger partial charge is 0.481 e. The number of hydroxylamine groups is 1. The highest BCUT2D eigenvalue weighted by molar-refractivity contribution is 6.47. The third kappa shape index (κ3) is 7.47. The Morgan fingerprint density at radius 1 is 1.10 bits per heavy atom. The van der Waals surface area contributed by atoms with Crippen molar-refractivity contribution in [3.05, 3.63) is 63.6 Å². The summed E-state index contributed by atoms with van der Waals surface area (Å²) >= 11 is 12.7. The fourth-order valence-corrected chi connectivity index (χ4v) is 6.82. The van der Waals surface area contributed by atoms with Crippen LogP contribution in [0.4, 0.5) is 0 Å². The highest BCUT2D eigenvalue weighted by atomic mass is 35.5. The van der Waals surface area contributed by atoms with E-state index in [4.69, 9.17) is 38.1 Å². The number of aliphatic carboxylic acids is 1. The van der Waals surface area contributed by atoms with Gasteiger partial charge in [0, 0.05) is 15.6 Å². The summed E-state index contributed by atoms with van der Waals surface area (Å²) in [6.07, 6.45) is 4.27. The molecule has 2 aliphatic rings. The van der Waals surface area contributed by atoms with Crippen LogP contribution in [-0.4, -0.2) is 39.3 Å². The van der Waals surface area contributed by atoms with Gasteiger partial charge in [0.15, 0.2) is 0 Å². The van der Waals surface area contributed by atoms with Crippen molar-refractivity contribution in [3.8, 4) is 5.75 Å². The van der Waals surface area contributed by atoms with E-state index in [0.717, 1.165) is 37.7 Å². The molecule has 1 aliphatic heterocycles. The number of amides is 1. The second kappa shape index (κ2) is 12.9. The van der Waals surface area contributed by atoms with E-state index >= 15 is 0 Å². The molecule has 1 saturated carbocycles. The monoisotopic (exact) mass is 615 g/mol. The van der Waals surface area contributed by atoms with Crippen molar-refractivity contribution >= 4 is 40.8 Å². The molecule has 4 rings (SSSR count). The summed E-state index contributed by atoms with van der Waals surface area (Å²) in [4.78, 5) is 38.3. The van der Waals surface area contributed by atoms with Crippen molar-refractivity contribution in [1.82, 2.24) is 10.4 Å². The molecule has 228 valence electrons. The van der Waals surface area contributed by atoms with E-state index in [9.17, 15) is 9.59 Å². The van der Waals surface area contributed by atoms with Crippen LogP contribution < -0.4 is 10.3 Å². The van der Waals surface area contributed by atoms with Crippen LogP contribution in [0.15, 0.2) is 47.5 Å². The zero-order valence-electron chi connectivity index (χ0n) is 25.4. The van der Waals surface area contributed by atoms with Crippen LogP contribution >= 0.6 is 23.2 Å². The number of carbonyl (C=O) groups is 2. The average molecular weight is 617 g/mol. The van der Waals surface area contributed by atoms with Crippen molar-refractivity contribution in [2.24, 2.45) is 22.2 Å². The number of benzene rings is 2. The summed E-state index contributed by atoms with van der Waals surface area (Å²) in [6.45, 7) is 13.0. The molecule has 9 heteroatoms. The zero-order valence-corrected chi connectivity index (χ0v) is 26.9. The summed E-state index contributed by atoms with van der Waals surface area (Å²) in [5.41, 5.74) is 4.38. The number of carboxylic acid groups (broad SMARTS) is 1. The lowest BCUT2D eigenvalue weighted by Gasteiger charge is -2.47. The first-order valence-corrected chi connectivity index (χ1v) is 15.6. The van der Waals surface area contributed by atoms with Crippen LogP contribution in [0.2, 0.25) is 10.0 Å². The molecule has 0 saturated heterocycles. The summed E-state index contributed by atoms with van der Waals surface area (Å²) in [5, 5.41) is 9.94. The maximum atomic E-state index is 14.4. The molecule has 0 aromatic heterocycles. The zero-order chi connectivity index (χ0) is 30.8. The fraction of sp³-hybridized carbons (Fsp3) is 0.545. The van der Waals surface area contributed by atoms with E-state index in [0.29, 0.717) is 38.9 Å². The Kier molecular flexibility index (Phi) is 9.96. The Morgan fingerprint density at radius 2 is 1.69 bits per heavy atom. The Balaban J connectivity index is 1.69. The van der Waals surface area contributed by atoms with Crippen molar-refractivity contribution in [1.29, 1.82) is 0 Å². The van der Waals surface area contributed by atoms with Gasteiger partial charge >= 0.3 is 5.97 Å². The maximum Gasteiger partial charge on any atom is 0.305 e. The number of hydrogen-bond acceptors (Lipinski definition) is 5. The van der Waals surface area contributed by atoms with E-state index in [2.05, 4.69) is 40.1 Å². The minimum absolute atomic E-state index is 0.0516. The van der Waals surface area contributed by atoms with E-state index in [1.54, 1.807) is 25.1 Å². The highest BCUT2D eigenvalue weighted by Gasteiger charge is 2.52. The molecule has 0 radical (unpaired) electrons. The third-order valence-electron chi connectivity index (χ3n) is 8.47. The fourth-order valence-electron chi connectivity index (χ4n) is 6.29. The molecule has 1 aliphatic carbocycles. The molecule has 1 fully saturated rings. The number of nitrogens with one attached hydrogen (secondary N) is 1. The Bertz CT molecular complexity index is 1290. The average Bonchev–Trinajstić information content (AvgIpc) is 3.16. The van der Waals surface area contributed by atoms with Crippen molar-refractivity contribution in [3.63, 3.8) is 0 Å². The van der Waals surface area contributed by atoms with Crippen LogP contribution in [0, 0.1) is 17.3 Å². The van der Waals surface area contributed by atoms with Gasteiger partial charge in [-0.05, 0) is 92.2 Å². The van der Waals surface area contributed by atoms with E-state index in [1.165, 1.54) is 0 Å². The van der Waals surface area contributed by atoms with Crippen LogP contribution in [0.5, 0.6) is 5.75 Å². The molecule has 2 aromatic carbocycles. The standard InChI is InChI=1S/C33H43Cl2N3O4/c1-20(2)15-28(22-7-9-27(10-8-22)42-37-21(3)16-29(39)40)38-31(41)30(23-17-25(34)19-26(35)18-23)36-33(38)13-11-24(12-14-33)32(4,5)6/h7-10,17-21,24,28,37H,11-16H2,1-6H3,(H,39,40). The predicted molar refractivity (Wildman–Crippen MR) is 168 cm³/mol. The molecule has 1 amide bonds. The second-order valence-corrected chi connectivity index (χ2v) is 14.2. The van der Waals surface area contributed by atoms with Gasteiger partial charge in [0.2, 0.25) is 0 Å². The molecule has 1 heterocycles. The molecule has 2 atom stereocenters. The second-order valence-electron chi connectivity index (χ2n) is 13.3. The molecule has 1 spiro atoms. The minimum atomic E-state index is -0.896. The lowest BCUT2D eigenvalue weighted by molar-refractivity contribution is -0.138. The molecule has 2 N–H and O–H groups in total. The summed E-state index contributed by atoms with van der Waals surface area (Å²) in [6, 6.07) is 12.3. The Labute approximate surface area is 259 Å². The SMILES string of the molecule is CC(C)CC(c1ccc(ONC(C)CC(=O)O)cc1)N1C(=O)C(c2cc(Cl)cc(Cl)c2)=NC12CCC(C(C)(C)C)CC2. The number of nitrogens with zero attached hydrogens (tertiary/aromatic N) is 2. The topological polar surface area (TPSA) is 91.2 Å². The van der Waals surface area contributed by atoms with Gasteiger partial charge in [0.25, 0.3) is 5.91 Å². The number of carboxylic acids is 1. The number of halogens is 2. The summed E-state index contributed by atoms with van der Waals surface area (Å²) in [7, 11) is 0. The van der Waals surface area contributed by atoms with Gasteiger partial charge in [-0.25, -0.2) is 0 Å². The van der Waals surface area contributed by atoms with E-state index in [1.807, 2.05) is 29.2 Å². The predicted octanol–water partition coefficient (Wildman–Crippen LogP) is 8.09. The van der Waals surface area contributed by atoms with Crippen molar-refractivity contribution in [2.45, 2.75) is 97.8 Å². The van der Waals surface area contributed by atoms with Crippen LogP contribution in [-0.2, 0) is 9.59 Å². The maximum absolute atomic E-state index is 14.4. The van der Waals surface area contributed by atoms with Crippen LogP contribution in [0.3, 0.4) is 0 Å². The van der Waals surface area contributed by atoms with Gasteiger partial charge < -0.3 is 14.8 Å². The Hall–Kier alpha value is -2.61. The molecule has 7 nitrogen and oxygen atoms in total. The van der Waals surface area contributed by atoms with E-state index < -0.39 is 11.6 Å². The number of rotatable bonds is 10. The Morgan fingerprint density at radius 3 is 2.21 bits per heavy atom. The summed E-state index contributed by atoms with van der Waals surface area (Å²) in [5.74, 6) is 0.448. The first kappa shape index (κ1) is 32.3. The minimum Gasteiger partial charge on any atom is -0.481 e. The molecular weight excluding hydrogens is 573 g/mol. The number of carbonyl (C=O) groups excluding carboxylic acids is 1. The van der Waals surface area contributed by atoms with Gasteiger partial charge in [-0.1, -0.05) is 70.0 Å². The van der Waals surface area contributed by atoms with Crippen LogP contribution in [0.25, 0.3) is 0 Å². The summed E-state index contributed by atoms with van der Waals surface area (Å²) < 4.78 is 0. The molecular formula is C33H43Cl2N3O4. The number of hydrogen-bond donors (Lipinski definition) is 2. The number of aliphatic imine (C=N–C) groups is 1.